The molecule has 1 aromatic heterocycles. The largest absolute Gasteiger partial charge is 0.466 e. The summed E-state index contributed by atoms with van der Waals surface area (Å²) in [6.07, 6.45) is -4.07. The number of aromatic nitrogens is 1. The number of aryl methyl sites for hydroxylation is 1. The van der Waals surface area contributed by atoms with Crippen molar-refractivity contribution in [1.82, 2.24) is 14.8 Å². The standard InChI is InChI=1S/C40H38F5N3O5/c1-3-52-35(50)18-32-30-16-26(15-29(37(30)42)23-10-11-23)36-22(2)6-4-9-33(36)53-28-8-5-7-24(14-28)38(39(51)46-32)48-19-25(12-13-47-20-27(41)21-47)31(17-34(48)49)40(43,44)45/h4-9,14-17,19,23,27,32,38H,3,10-13,18,20-21H2,1-2H3,(H,46,51)/t32-,38?/m0/s1. The van der Waals surface area contributed by atoms with Gasteiger partial charge in [0.2, 0.25) is 5.91 Å². The quantitative estimate of drug-likeness (QED) is 0.149. The predicted octanol–water partition coefficient (Wildman–Crippen LogP) is 7.56. The van der Waals surface area contributed by atoms with E-state index in [0.717, 1.165) is 29.2 Å². The number of hydrogen-bond donors (Lipinski definition) is 1. The maximum Gasteiger partial charge on any atom is 0.416 e. The number of pyridine rings is 1. The van der Waals surface area contributed by atoms with E-state index in [2.05, 4.69) is 5.32 Å². The van der Waals surface area contributed by atoms with E-state index in [1.807, 2.05) is 13.0 Å². The van der Waals surface area contributed by atoms with Gasteiger partial charge in [0.25, 0.3) is 5.56 Å². The molecule has 1 N–H and O–H groups in total. The zero-order valence-corrected chi connectivity index (χ0v) is 29.1. The SMILES string of the molecule is CCOC(=O)C[C@@H]1NC(=O)C(n2cc(CCN3CC(F)C3)c(C(F)(F)F)cc2=O)c2cccc(c2)Oc2cccc(C)c2-c2cc(C3CC3)c(F)c1c2. The Kier molecular flexibility index (Phi) is 9.88. The van der Waals surface area contributed by atoms with Gasteiger partial charge in [-0.05, 0) is 97.2 Å². The molecule has 1 unspecified atom stereocenters. The highest BCUT2D eigenvalue weighted by Gasteiger charge is 2.38. The molecule has 1 saturated carbocycles. The second kappa shape index (κ2) is 14.4. The Labute approximate surface area is 302 Å². The Bertz CT molecular complexity index is 2120. The number of carbonyl (C=O) groups is 2. The van der Waals surface area contributed by atoms with Crippen LogP contribution in [0.25, 0.3) is 11.1 Å². The summed E-state index contributed by atoms with van der Waals surface area (Å²) in [5.41, 5.74) is 0.194. The van der Waals surface area contributed by atoms with Crippen LogP contribution in [0.1, 0.15) is 77.6 Å². The van der Waals surface area contributed by atoms with Crippen molar-refractivity contribution in [1.29, 1.82) is 0 Å². The molecular weight excluding hydrogens is 697 g/mol. The van der Waals surface area contributed by atoms with Crippen LogP contribution < -0.4 is 15.6 Å². The first-order chi connectivity index (χ1) is 25.3. The van der Waals surface area contributed by atoms with Crippen molar-refractivity contribution in [2.45, 2.75) is 69.9 Å². The topological polar surface area (TPSA) is 89.9 Å². The van der Waals surface area contributed by atoms with E-state index < -0.39 is 59.7 Å². The van der Waals surface area contributed by atoms with E-state index in [9.17, 15) is 31.9 Å². The molecule has 2 atom stereocenters. The monoisotopic (exact) mass is 735 g/mol. The lowest BCUT2D eigenvalue weighted by Gasteiger charge is -2.34. The molecule has 1 saturated heterocycles. The second-order valence-electron chi connectivity index (χ2n) is 13.9. The van der Waals surface area contributed by atoms with Crippen molar-refractivity contribution in [2.75, 3.05) is 26.2 Å². The molecule has 1 aliphatic carbocycles. The summed E-state index contributed by atoms with van der Waals surface area (Å²) in [5, 5.41) is 2.79. The van der Waals surface area contributed by atoms with Crippen LogP contribution in [-0.2, 0) is 26.9 Å². The average Bonchev–Trinajstić information content (AvgIpc) is 3.93. The number of nitrogens with one attached hydrogen (secondary N) is 1. The van der Waals surface area contributed by atoms with Gasteiger partial charge in [-0.2, -0.15) is 13.2 Å². The van der Waals surface area contributed by atoms with Crippen molar-refractivity contribution < 1.29 is 41.0 Å². The molecule has 3 heterocycles. The first kappa shape index (κ1) is 36.3. The van der Waals surface area contributed by atoms with Crippen LogP contribution in [0.2, 0.25) is 0 Å². The van der Waals surface area contributed by atoms with Gasteiger partial charge in [0.1, 0.15) is 29.5 Å². The molecule has 3 aromatic carbocycles. The third-order valence-corrected chi connectivity index (χ3v) is 10.0. The van der Waals surface area contributed by atoms with Gasteiger partial charge in [-0.1, -0.05) is 24.3 Å². The molecule has 13 heteroatoms. The molecule has 4 bridgehead atoms. The lowest BCUT2D eigenvalue weighted by Crippen LogP contribution is -2.49. The third kappa shape index (κ3) is 7.57. The normalized spacial score (nSPS) is 19.1. The summed E-state index contributed by atoms with van der Waals surface area (Å²) >= 11 is 0. The lowest BCUT2D eigenvalue weighted by molar-refractivity contribution is -0.144. The Morgan fingerprint density at radius 2 is 1.75 bits per heavy atom. The number of likely N-dealkylation sites (tertiary alicyclic amines) is 1. The van der Waals surface area contributed by atoms with Gasteiger partial charge in [-0.15, -0.1) is 0 Å². The van der Waals surface area contributed by atoms with Gasteiger partial charge in [0, 0.05) is 43.0 Å². The minimum absolute atomic E-state index is 0.0193. The number of nitrogens with zero attached hydrogens (tertiary/aromatic N) is 2. The first-order valence-electron chi connectivity index (χ1n) is 17.7. The Morgan fingerprint density at radius 3 is 2.45 bits per heavy atom. The smallest absolute Gasteiger partial charge is 0.416 e. The highest BCUT2D eigenvalue weighted by Crippen LogP contribution is 2.46. The van der Waals surface area contributed by atoms with Gasteiger partial charge < -0.3 is 14.8 Å². The maximum absolute atomic E-state index is 16.6. The van der Waals surface area contributed by atoms with Gasteiger partial charge in [-0.25, -0.2) is 8.78 Å². The average molecular weight is 736 g/mol. The minimum atomic E-state index is -4.88. The summed E-state index contributed by atoms with van der Waals surface area (Å²) in [5.74, 6) is -1.56. The molecule has 8 nitrogen and oxygen atoms in total. The van der Waals surface area contributed by atoms with E-state index in [4.69, 9.17) is 9.47 Å². The van der Waals surface area contributed by atoms with E-state index in [1.165, 1.54) is 12.1 Å². The Balaban J connectivity index is 1.42. The molecule has 53 heavy (non-hydrogen) atoms. The van der Waals surface area contributed by atoms with Gasteiger partial charge >= 0.3 is 12.1 Å². The zero-order valence-electron chi connectivity index (χ0n) is 29.1. The molecule has 2 fully saturated rings. The summed E-state index contributed by atoms with van der Waals surface area (Å²) in [7, 11) is 0. The first-order valence-corrected chi connectivity index (χ1v) is 17.7. The highest BCUT2D eigenvalue weighted by atomic mass is 19.4. The van der Waals surface area contributed by atoms with E-state index in [0.29, 0.717) is 28.5 Å². The van der Waals surface area contributed by atoms with Crippen molar-refractivity contribution in [3.05, 3.63) is 116 Å². The Hall–Kier alpha value is -5.04. The van der Waals surface area contributed by atoms with Crippen LogP contribution in [0.3, 0.4) is 0 Å². The van der Waals surface area contributed by atoms with Crippen molar-refractivity contribution in [3.63, 3.8) is 0 Å². The van der Waals surface area contributed by atoms with Crippen LogP contribution in [0.4, 0.5) is 22.0 Å². The second-order valence-corrected chi connectivity index (χ2v) is 13.9. The van der Waals surface area contributed by atoms with Crippen molar-refractivity contribution in [3.8, 4) is 22.6 Å². The number of carbonyl (C=O) groups excluding carboxylic acids is 2. The van der Waals surface area contributed by atoms with Crippen LogP contribution in [0, 0.1) is 12.7 Å². The van der Waals surface area contributed by atoms with Crippen LogP contribution in [0.5, 0.6) is 11.5 Å². The molecule has 3 aliphatic rings. The third-order valence-electron chi connectivity index (χ3n) is 10.0. The fourth-order valence-electron chi connectivity index (χ4n) is 7.27. The van der Waals surface area contributed by atoms with Crippen molar-refractivity contribution >= 4 is 11.9 Å². The number of esters is 1. The van der Waals surface area contributed by atoms with Crippen molar-refractivity contribution in [2.24, 2.45) is 0 Å². The van der Waals surface area contributed by atoms with Gasteiger partial charge in [0.15, 0.2) is 0 Å². The molecule has 1 amide bonds. The van der Waals surface area contributed by atoms with E-state index in [-0.39, 0.29) is 61.0 Å². The molecule has 4 aromatic rings. The zero-order chi connectivity index (χ0) is 37.6. The predicted molar refractivity (Wildman–Crippen MR) is 186 cm³/mol. The summed E-state index contributed by atoms with van der Waals surface area (Å²) in [6.45, 7) is 3.80. The number of halogens is 5. The fourth-order valence-corrected chi connectivity index (χ4v) is 7.27. The molecular formula is C40H38F5N3O5. The van der Waals surface area contributed by atoms with Crippen LogP contribution in [-0.4, -0.2) is 53.8 Å². The number of hydrogen-bond acceptors (Lipinski definition) is 6. The lowest BCUT2D eigenvalue weighted by atomic mass is 9.90. The fraction of sp³-hybridized carbons (Fsp3) is 0.375. The van der Waals surface area contributed by atoms with E-state index in [1.54, 1.807) is 48.2 Å². The highest BCUT2D eigenvalue weighted by molar-refractivity contribution is 5.85. The summed E-state index contributed by atoms with van der Waals surface area (Å²) in [4.78, 5) is 43.0. The van der Waals surface area contributed by atoms with Gasteiger partial charge in [-0.3, -0.25) is 23.9 Å². The number of amides is 1. The number of benzene rings is 3. The number of ether oxygens (including phenoxy) is 2. The van der Waals surface area contributed by atoms with Crippen LogP contribution >= 0.6 is 0 Å². The minimum Gasteiger partial charge on any atom is -0.466 e. The summed E-state index contributed by atoms with van der Waals surface area (Å²) in [6, 6.07) is 12.7. The number of alkyl halides is 4. The Morgan fingerprint density at radius 1 is 1.02 bits per heavy atom. The van der Waals surface area contributed by atoms with E-state index >= 15 is 4.39 Å². The summed E-state index contributed by atoms with van der Waals surface area (Å²) < 4.78 is 85.6. The maximum atomic E-state index is 16.6. The number of rotatable bonds is 8. The molecule has 0 radical (unpaired) electrons. The number of fused-ring (bicyclic) bond motifs is 6. The molecule has 2 aliphatic heterocycles. The molecule has 278 valence electrons. The molecule has 0 spiro atoms. The van der Waals surface area contributed by atoms with Gasteiger partial charge in [0.05, 0.1) is 24.6 Å². The molecule has 7 rings (SSSR count). The van der Waals surface area contributed by atoms with Crippen LogP contribution in [0.15, 0.2) is 71.7 Å².